The second kappa shape index (κ2) is 7.46. The zero-order valence-electron chi connectivity index (χ0n) is 17.0. The molecule has 0 saturated heterocycles. The zero-order chi connectivity index (χ0) is 20.7. The number of hydrogen-bond donors (Lipinski definition) is 3. The maximum atomic E-state index is 13.0. The van der Waals surface area contributed by atoms with Crippen molar-refractivity contribution >= 4 is 29.2 Å². The van der Waals surface area contributed by atoms with E-state index >= 15 is 0 Å². The molecule has 0 aromatic carbocycles. The van der Waals surface area contributed by atoms with Crippen LogP contribution >= 0.6 is 0 Å². The van der Waals surface area contributed by atoms with Crippen LogP contribution in [0, 0.1) is 18.7 Å². The van der Waals surface area contributed by atoms with Gasteiger partial charge in [-0.1, -0.05) is 13.8 Å². The molecule has 1 saturated carbocycles. The van der Waals surface area contributed by atoms with Gasteiger partial charge < -0.3 is 20.9 Å². The van der Waals surface area contributed by atoms with Crippen LogP contribution in [0.25, 0.3) is 0 Å². The van der Waals surface area contributed by atoms with Gasteiger partial charge in [0.25, 0.3) is 0 Å². The Balaban J connectivity index is 1.41. The highest BCUT2D eigenvalue weighted by atomic mass is 19.1. The summed E-state index contributed by atoms with van der Waals surface area (Å²) >= 11 is 0. The van der Waals surface area contributed by atoms with Crippen LogP contribution in [0.4, 0.5) is 27.7 Å². The molecule has 9 heteroatoms. The molecule has 1 aliphatic heterocycles. The third-order valence-corrected chi connectivity index (χ3v) is 5.52. The predicted molar refractivity (Wildman–Crippen MR) is 111 cm³/mol. The second-order valence-corrected chi connectivity index (χ2v) is 8.14. The molecule has 4 rings (SSSR count). The van der Waals surface area contributed by atoms with Crippen molar-refractivity contribution in [3.05, 3.63) is 29.8 Å². The summed E-state index contributed by atoms with van der Waals surface area (Å²) in [6.45, 7) is 5.92. The van der Waals surface area contributed by atoms with Gasteiger partial charge in [-0.2, -0.15) is 4.98 Å². The Hall–Kier alpha value is -2.97. The number of aromatic nitrogens is 3. The van der Waals surface area contributed by atoms with Crippen molar-refractivity contribution in [1.29, 1.82) is 0 Å². The van der Waals surface area contributed by atoms with Crippen LogP contribution in [0.2, 0.25) is 0 Å². The van der Waals surface area contributed by atoms with E-state index in [1.165, 1.54) is 12.3 Å². The molecule has 2 aromatic rings. The number of amides is 1. The molecule has 0 bridgehead atoms. The average Bonchev–Trinajstić information content (AvgIpc) is 2.62. The number of fused-ring (bicyclic) bond motifs is 1. The number of nitrogens with zero attached hydrogens (tertiary/aromatic N) is 4. The Bertz CT molecular complexity index is 912. The average molecular weight is 399 g/mol. The molecule has 0 spiro atoms. The fraction of sp³-hybridized carbons (Fsp3) is 0.500. The molecular weight excluding hydrogens is 373 g/mol. The standard InChI is InChI=1S/C20H26FN7O/c1-10(2)17-19(29)26-16-11(3)23-20(27-18(16)28(17)4)25-14-7-13(8-14)24-15-6-5-12(21)9-22-15/h5-6,9-10,13-14,17H,7-8H2,1-4H3,(H,22,24)(H,26,29)(H,23,25,27)/t13?,14?,17-/m0/s1. The van der Waals surface area contributed by atoms with Crippen LogP contribution in [0.1, 0.15) is 32.4 Å². The summed E-state index contributed by atoms with van der Waals surface area (Å²) in [4.78, 5) is 27.6. The monoisotopic (exact) mass is 399 g/mol. The number of carbonyl (C=O) groups is 1. The van der Waals surface area contributed by atoms with Gasteiger partial charge >= 0.3 is 0 Å². The van der Waals surface area contributed by atoms with E-state index in [2.05, 4.69) is 30.9 Å². The van der Waals surface area contributed by atoms with E-state index in [0.29, 0.717) is 17.5 Å². The maximum absolute atomic E-state index is 13.0. The van der Waals surface area contributed by atoms with Crippen LogP contribution in [-0.2, 0) is 4.79 Å². The Kier molecular flexibility index (Phi) is 4.97. The van der Waals surface area contributed by atoms with E-state index in [9.17, 15) is 9.18 Å². The van der Waals surface area contributed by atoms with Crippen molar-refractivity contribution in [1.82, 2.24) is 15.0 Å². The summed E-state index contributed by atoms with van der Waals surface area (Å²) in [5.74, 6) is 1.78. The minimum atomic E-state index is -0.343. The molecule has 0 radical (unpaired) electrons. The number of anilines is 4. The van der Waals surface area contributed by atoms with Gasteiger partial charge in [0.2, 0.25) is 11.9 Å². The number of likely N-dealkylation sites (N-methyl/N-ethyl adjacent to an activating group) is 1. The molecule has 1 aliphatic carbocycles. The summed E-state index contributed by atoms with van der Waals surface area (Å²) in [5.41, 5.74) is 1.42. The van der Waals surface area contributed by atoms with Gasteiger partial charge in [0, 0.05) is 19.1 Å². The van der Waals surface area contributed by atoms with Gasteiger partial charge in [-0.3, -0.25) is 4.79 Å². The summed E-state index contributed by atoms with van der Waals surface area (Å²) in [6, 6.07) is 3.30. The van der Waals surface area contributed by atoms with Crippen LogP contribution in [-0.4, -0.2) is 46.0 Å². The molecule has 3 heterocycles. The number of aryl methyl sites for hydroxylation is 1. The molecule has 154 valence electrons. The molecule has 2 aromatic heterocycles. The lowest BCUT2D eigenvalue weighted by molar-refractivity contribution is -0.118. The maximum Gasteiger partial charge on any atom is 0.247 e. The molecule has 8 nitrogen and oxygen atoms in total. The Morgan fingerprint density at radius 1 is 1.21 bits per heavy atom. The van der Waals surface area contributed by atoms with Crippen molar-refractivity contribution in [2.45, 2.75) is 51.7 Å². The SMILES string of the molecule is Cc1nc(NC2CC(Nc3ccc(F)cn3)C2)nc2c1NC(=O)[C@H](C(C)C)N2C. The first-order valence-electron chi connectivity index (χ1n) is 9.88. The first kappa shape index (κ1) is 19.4. The number of carbonyl (C=O) groups excluding carboxylic acids is 1. The summed E-state index contributed by atoms with van der Waals surface area (Å²) in [7, 11) is 1.90. The van der Waals surface area contributed by atoms with Gasteiger partial charge in [0.1, 0.15) is 23.4 Å². The van der Waals surface area contributed by atoms with Crippen LogP contribution in [0.5, 0.6) is 0 Å². The smallest absolute Gasteiger partial charge is 0.247 e. The Morgan fingerprint density at radius 3 is 2.59 bits per heavy atom. The predicted octanol–water partition coefficient (Wildman–Crippen LogP) is 2.79. The largest absolute Gasteiger partial charge is 0.367 e. The third kappa shape index (κ3) is 3.81. The number of halogens is 1. The first-order chi connectivity index (χ1) is 13.8. The Labute approximate surface area is 169 Å². The van der Waals surface area contributed by atoms with Gasteiger partial charge in [-0.05, 0) is 37.8 Å². The highest BCUT2D eigenvalue weighted by Crippen LogP contribution is 2.35. The molecule has 3 N–H and O–H groups in total. The van der Waals surface area contributed by atoms with E-state index in [0.717, 1.165) is 24.4 Å². The van der Waals surface area contributed by atoms with Gasteiger partial charge in [-0.15, -0.1) is 0 Å². The van der Waals surface area contributed by atoms with Crippen LogP contribution in [0.3, 0.4) is 0 Å². The molecule has 1 atom stereocenters. The molecular formula is C20H26FN7O. The first-order valence-corrected chi connectivity index (χ1v) is 9.88. The van der Waals surface area contributed by atoms with E-state index in [-0.39, 0.29) is 35.8 Å². The fourth-order valence-electron chi connectivity index (χ4n) is 3.99. The van der Waals surface area contributed by atoms with Crippen molar-refractivity contribution < 1.29 is 9.18 Å². The summed E-state index contributed by atoms with van der Waals surface area (Å²) < 4.78 is 13.0. The minimum Gasteiger partial charge on any atom is -0.367 e. The number of rotatable bonds is 5. The van der Waals surface area contributed by atoms with E-state index in [1.54, 1.807) is 6.07 Å². The number of pyridine rings is 1. The summed E-state index contributed by atoms with van der Waals surface area (Å²) in [6.07, 6.45) is 2.99. The highest BCUT2D eigenvalue weighted by molar-refractivity contribution is 6.03. The third-order valence-electron chi connectivity index (χ3n) is 5.52. The van der Waals surface area contributed by atoms with Crippen molar-refractivity contribution in [2.24, 2.45) is 5.92 Å². The topological polar surface area (TPSA) is 95.1 Å². The molecule has 1 fully saturated rings. The molecule has 1 amide bonds. The van der Waals surface area contributed by atoms with Gasteiger partial charge in [0.05, 0.1) is 11.9 Å². The van der Waals surface area contributed by atoms with Crippen molar-refractivity contribution in [2.75, 3.05) is 27.9 Å². The van der Waals surface area contributed by atoms with Crippen LogP contribution in [0.15, 0.2) is 18.3 Å². The zero-order valence-corrected chi connectivity index (χ0v) is 17.0. The van der Waals surface area contributed by atoms with Crippen molar-refractivity contribution in [3.8, 4) is 0 Å². The molecule has 0 unspecified atom stereocenters. The number of hydrogen-bond acceptors (Lipinski definition) is 7. The quantitative estimate of drug-likeness (QED) is 0.712. The van der Waals surface area contributed by atoms with Gasteiger partial charge in [-0.25, -0.2) is 14.4 Å². The Morgan fingerprint density at radius 2 is 1.93 bits per heavy atom. The molecule has 2 aliphatic rings. The number of nitrogens with one attached hydrogen (secondary N) is 3. The second-order valence-electron chi connectivity index (χ2n) is 8.14. The highest BCUT2D eigenvalue weighted by Gasteiger charge is 2.36. The van der Waals surface area contributed by atoms with Crippen LogP contribution < -0.4 is 20.9 Å². The summed E-state index contributed by atoms with van der Waals surface area (Å²) in [5, 5.41) is 9.65. The fourth-order valence-corrected chi connectivity index (χ4v) is 3.99. The lowest BCUT2D eigenvalue weighted by Gasteiger charge is -2.38. The normalized spacial score (nSPS) is 23.3. The van der Waals surface area contributed by atoms with Crippen molar-refractivity contribution in [3.63, 3.8) is 0 Å². The minimum absolute atomic E-state index is 0.0234. The lowest BCUT2D eigenvalue weighted by atomic mass is 9.87. The molecule has 29 heavy (non-hydrogen) atoms. The van der Waals surface area contributed by atoms with E-state index in [4.69, 9.17) is 0 Å². The van der Waals surface area contributed by atoms with Gasteiger partial charge in [0.15, 0.2) is 5.82 Å². The lowest BCUT2D eigenvalue weighted by Crippen LogP contribution is -2.50. The van der Waals surface area contributed by atoms with E-state index in [1.807, 2.05) is 32.7 Å². The van der Waals surface area contributed by atoms with E-state index < -0.39 is 0 Å².